The molecule has 6 nitrogen and oxygen atoms in total. The molecule has 1 atom stereocenters. The van der Waals surface area contributed by atoms with E-state index in [4.69, 9.17) is 27.9 Å². The van der Waals surface area contributed by atoms with Gasteiger partial charge in [-0.2, -0.15) is 0 Å². The van der Waals surface area contributed by atoms with E-state index in [9.17, 15) is 0 Å². The molecule has 164 valence electrons. The van der Waals surface area contributed by atoms with Crippen molar-refractivity contribution in [1.82, 2.24) is 20.5 Å². The number of halogens is 3. The van der Waals surface area contributed by atoms with Crippen molar-refractivity contribution in [1.29, 1.82) is 0 Å². The number of hydrogen-bond acceptors (Lipinski definition) is 4. The van der Waals surface area contributed by atoms with Crippen LogP contribution >= 0.6 is 47.2 Å². The van der Waals surface area contributed by atoms with E-state index in [0.29, 0.717) is 5.15 Å². The maximum absolute atomic E-state index is 6.08. The Hall–Kier alpha value is -1.13. The van der Waals surface area contributed by atoms with Crippen molar-refractivity contribution < 1.29 is 4.74 Å². The lowest BCUT2D eigenvalue weighted by Crippen LogP contribution is -2.46. The van der Waals surface area contributed by atoms with Crippen LogP contribution in [0.5, 0.6) is 0 Å². The van der Waals surface area contributed by atoms with E-state index >= 15 is 0 Å². The number of aromatic nitrogens is 1. The van der Waals surface area contributed by atoms with Gasteiger partial charge in [-0.15, -0.1) is 24.0 Å². The van der Waals surface area contributed by atoms with Gasteiger partial charge in [-0.25, -0.2) is 4.98 Å². The molecule has 9 heteroatoms. The molecule has 0 aliphatic carbocycles. The van der Waals surface area contributed by atoms with Crippen LogP contribution in [0.3, 0.4) is 0 Å². The monoisotopic (exact) mass is 563 g/mol. The molecule has 0 amide bonds. The minimum absolute atomic E-state index is 0. The number of guanidine groups is 1. The molecular weight excluding hydrogens is 536 g/mol. The van der Waals surface area contributed by atoms with Crippen LogP contribution in [-0.4, -0.2) is 62.3 Å². The Morgan fingerprint density at radius 1 is 1.13 bits per heavy atom. The van der Waals surface area contributed by atoms with Crippen LogP contribution in [0.25, 0.3) is 0 Å². The Bertz CT molecular complexity index is 783. The zero-order chi connectivity index (χ0) is 20.5. The quantitative estimate of drug-likeness (QED) is 0.232. The topological polar surface area (TPSA) is 61.8 Å². The standard InChI is InChI=1S/C21H27Cl2N5O.HI/c1-24-21(25-9-8-16-2-7-20(23)26-14-16)27-15-19(28-10-12-29-13-11-28)17-3-5-18(22)6-4-17;/h2-7,14,19H,8-13,15H2,1H3,(H2,24,25,27);1H. The van der Waals surface area contributed by atoms with Gasteiger partial charge in [0.2, 0.25) is 0 Å². The van der Waals surface area contributed by atoms with Crippen LogP contribution < -0.4 is 10.6 Å². The van der Waals surface area contributed by atoms with E-state index < -0.39 is 0 Å². The first-order valence-corrected chi connectivity index (χ1v) is 10.5. The van der Waals surface area contributed by atoms with E-state index in [1.807, 2.05) is 24.3 Å². The smallest absolute Gasteiger partial charge is 0.191 e. The fraction of sp³-hybridized carbons (Fsp3) is 0.429. The second-order valence-electron chi connectivity index (χ2n) is 6.83. The molecule has 1 aliphatic rings. The number of benzene rings is 1. The van der Waals surface area contributed by atoms with Gasteiger partial charge in [0, 0.05) is 44.4 Å². The summed E-state index contributed by atoms with van der Waals surface area (Å²) in [6.07, 6.45) is 2.64. The largest absolute Gasteiger partial charge is 0.379 e. The van der Waals surface area contributed by atoms with Gasteiger partial charge >= 0.3 is 0 Å². The van der Waals surface area contributed by atoms with Gasteiger partial charge in [0.25, 0.3) is 0 Å². The molecule has 2 N–H and O–H groups in total. The van der Waals surface area contributed by atoms with Crippen LogP contribution in [0.1, 0.15) is 17.2 Å². The van der Waals surface area contributed by atoms with Crippen molar-refractivity contribution in [3.63, 3.8) is 0 Å². The summed E-state index contributed by atoms with van der Waals surface area (Å²) in [5.74, 6) is 0.777. The number of morpholine rings is 1. The first-order valence-electron chi connectivity index (χ1n) is 9.78. The molecule has 1 saturated heterocycles. The third-order valence-corrected chi connectivity index (χ3v) is 5.40. The highest BCUT2D eigenvalue weighted by atomic mass is 127. The van der Waals surface area contributed by atoms with Crippen LogP contribution in [0, 0.1) is 0 Å². The second kappa shape index (κ2) is 13.3. The Kier molecular flexibility index (Phi) is 11.2. The molecule has 30 heavy (non-hydrogen) atoms. The lowest BCUT2D eigenvalue weighted by molar-refractivity contribution is 0.0170. The fourth-order valence-electron chi connectivity index (χ4n) is 3.33. The SMILES string of the molecule is CN=C(NCCc1ccc(Cl)nc1)NCC(c1ccc(Cl)cc1)N1CCOCC1.I. The molecule has 0 bridgehead atoms. The van der Waals surface area contributed by atoms with Gasteiger partial charge in [-0.3, -0.25) is 9.89 Å². The zero-order valence-electron chi connectivity index (χ0n) is 17.0. The summed E-state index contributed by atoms with van der Waals surface area (Å²) in [5.41, 5.74) is 2.36. The third-order valence-electron chi connectivity index (χ3n) is 4.92. The van der Waals surface area contributed by atoms with Crippen molar-refractivity contribution in [2.75, 3.05) is 46.4 Å². The maximum Gasteiger partial charge on any atom is 0.191 e. The van der Waals surface area contributed by atoms with E-state index in [2.05, 4.69) is 37.6 Å². The van der Waals surface area contributed by atoms with Crippen molar-refractivity contribution >= 4 is 53.1 Å². The normalized spacial score (nSPS) is 15.9. The molecule has 0 saturated carbocycles. The van der Waals surface area contributed by atoms with E-state index in [0.717, 1.165) is 62.4 Å². The Balaban J connectivity index is 0.00000320. The molecule has 1 aromatic carbocycles. The highest BCUT2D eigenvalue weighted by Gasteiger charge is 2.22. The number of aliphatic imine (C=N–C) groups is 1. The van der Waals surface area contributed by atoms with E-state index in [1.165, 1.54) is 5.56 Å². The summed E-state index contributed by atoms with van der Waals surface area (Å²) in [7, 11) is 1.78. The van der Waals surface area contributed by atoms with Gasteiger partial charge in [0.1, 0.15) is 5.15 Å². The minimum Gasteiger partial charge on any atom is -0.379 e. The van der Waals surface area contributed by atoms with Crippen LogP contribution in [0.2, 0.25) is 10.2 Å². The summed E-state index contributed by atoms with van der Waals surface area (Å²) in [4.78, 5) is 10.9. The summed E-state index contributed by atoms with van der Waals surface area (Å²) < 4.78 is 5.52. The van der Waals surface area contributed by atoms with Crippen LogP contribution in [0.4, 0.5) is 0 Å². The molecule has 1 fully saturated rings. The Morgan fingerprint density at radius 2 is 1.87 bits per heavy atom. The summed E-state index contributed by atoms with van der Waals surface area (Å²) >= 11 is 11.9. The number of nitrogens with zero attached hydrogens (tertiary/aromatic N) is 3. The highest BCUT2D eigenvalue weighted by Crippen LogP contribution is 2.23. The molecule has 2 heterocycles. The Morgan fingerprint density at radius 3 is 2.50 bits per heavy atom. The fourth-order valence-corrected chi connectivity index (χ4v) is 3.56. The van der Waals surface area contributed by atoms with Gasteiger partial charge in [0.05, 0.1) is 19.3 Å². The van der Waals surface area contributed by atoms with Crippen molar-refractivity contribution in [2.45, 2.75) is 12.5 Å². The maximum atomic E-state index is 6.08. The first-order chi connectivity index (χ1) is 14.2. The number of ether oxygens (including phenoxy) is 1. The van der Waals surface area contributed by atoms with E-state index in [1.54, 1.807) is 13.2 Å². The second-order valence-corrected chi connectivity index (χ2v) is 7.66. The van der Waals surface area contributed by atoms with Gasteiger partial charge in [-0.05, 0) is 35.7 Å². The molecule has 3 rings (SSSR count). The van der Waals surface area contributed by atoms with Crippen molar-refractivity contribution in [3.05, 3.63) is 63.9 Å². The molecule has 0 radical (unpaired) electrons. The van der Waals surface area contributed by atoms with Crippen LogP contribution in [0.15, 0.2) is 47.6 Å². The molecule has 1 aliphatic heterocycles. The minimum atomic E-state index is 0. The average molecular weight is 564 g/mol. The number of nitrogens with one attached hydrogen (secondary N) is 2. The number of pyridine rings is 1. The summed E-state index contributed by atoms with van der Waals surface area (Å²) in [6, 6.07) is 12.1. The first kappa shape index (κ1) is 25.1. The number of rotatable bonds is 7. The predicted octanol–water partition coefficient (Wildman–Crippen LogP) is 3.79. The zero-order valence-corrected chi connectivity index (χ0v) is 20.8. The molecule has 1 aromatic heterocycles. The highest BCUT2D eigenvalue weighted by molar-refractivity contribution is 14.0. The van der Waals surface area contributed by atoms with Gasteiger partial charge in [-0.1, -0.05) is 41.4 Å². The van der Waals surface area contributed by atoms with Gasteiger partial charge < -0.3 is 15.4 Å². The molecular formula is C21H28Cl2IN5O. The molecule has 1 unspecified atom stereocenters. The van der Waals surface area contributed by atoms with Crippen LogP contribution in [-0.2, 0) is 11.2 Å². The predicted molar refractivity (Wildman–Crippen MR) is 134 cm³/mol. The molecule has 2 aromatic rings. The van der Waals surface area contributed by atoms with E-state index in [-0.39, 0.29) is 30.0 Å². The third kappa shape index (κ3) is 7.85. The van der Waals surface area contributed by atoms with Crippen molar-refractivity contribution in [2.24, 2.45) is 4.99 Å². The number of hydrogen-bond donors (Lipinski definition) is 2. The van der Waals surface area contributed by atoms with Gasteiger partial charge in [0.15, 0.2) is 5.96 Å². The lowest BCUT2D eigenvalue weighted by Gasteiger charge is -2.35. The Labute approximate surface area is 205 Å². The van der Waals surface area contributed by atoms with Crippen molar-refractivity contribution in [3.8, 4) is 0 Å². The molecule has 0 spiro atoms. The summed E-state index contributed by atoms with van der Waals surface area (Å²) in [5, 5.41) is 8.08. The lowest BCUT2D eigenvalue weighted by atomic mass is 10.0. The summed E-state index contributed by atoms with van der Waals surface area (Å²) in [6.45, 7) is 4.82. The average Bonchev–Trinajstić information content (AvgIpc) is 2.76.